The Morgan fingerprint density at radius 2 is 2.09 bits per heavy atom. The summed E-state index contributed by atoms with van der Waals surface area (Å²) in [6.07, 6.45) is 0.663. The molecule has 0 aromatic carbocycles. The molecular formula is C24H30ClFN4O2S. The molecule has 3 aliphatic heterocycles. The molecule has 2 N–H and O–H groups in total. The number of hydrogen-bond donors (Lipinski definition) is 2. The number of thiophene rings is 1. The lowest BCUT2D eigenvalue weighted by Gasteiger charge is -2.34. The van der Waals surface area contributed by atoms with Crippen molar-refractivity contribution in [3.8, 4) is 0 Å². The smallest absolute Gasteiger partial charge is 0.248 e. The van der Waals surface area contributed by atoms with E-state index in [0.29, 0.717) is 29.7 Å². The van der Waals surface area contributed by atoms with Gasteiger partial charge in [0.05, 0.1) is 23.2 Å². The SMILES string of the molecule is CCC12C(F)=C(OC)N=C(N3C[C@H]4C(=O)C(C)C(C)C(=N)N[C@@]4(c4ccc(Cl)s4)C3)C1C2C. The average Bonchev–Trinajstić information content (AvgIpc) is 3.08. The van der Waals surface area contributed by atoms with Gasteiger partial charge in [-0.15, -0.1) is 11.3 Å². The predicted octanol–water partition coefficient (Wildman–Crippen LogP) is 4.81. The summed E-state index contributed by atoms with van der Waals surface area (Å²) in [6, 6.07) is 3.80. The average molecular weight is 493 g/mol. The van der Waals surface area contributed by atoms with Gasteiger partial charge in [-0.3, -0.25) is 10.2 Å². The molecule has 0 spiro atoms. The molecule has 2 saturated heterocycles. The lowest BCUT2D eigenvalue weighted by molar-refractivity contribution is -0.127. The summed E-state index contributed by atoms with van der Waals surface area (Å²) in [5.74, 6) is 0.294. The molecule has 5 unspecified atom stereocenters. The molecule has 0 radical (unpaired) electrons. The lowest BCUT2D eigenvalue weighted by Crippen LogP contribution is -2.52. The number of allylic oxidation sites excluding steroid dienone is 1. The van der Waals surface area contributed by atoms with Crippen LogP contribution in [0.5, 0.6) is 0 Å². The number of carbonyl (C=O) groups excluding carboxylic acids is 1. The first-order chi connectivity index (χ1) is 15.6. The number of halogens is 2. The summed E-state index contributed by atoms with van der Waals surface area (Å²) in [6.45, 7) is 8.83. The van der Waals surface area contributed by atoms with Gasteiger partial charge in [0.2, 0.25) is 5.88 Å². The van der Waals surface area contributed by atoms with Crippen LogP contribution in [0.25, 0.3) is 0 Å². The summed E-state index contributed by atoms with van der Waals surface area (Å²) in [7, 11) is 1.45. The number of ether oxygens (including phenoxy) is 1. The number of carbonyl (C=O) groups is 1. The Morgan fingerprint density at radius 3 is 2.70 bits per heavy atom. The number of methoxy groups -OCH3 is 1. The van der Waals surface area contributed by atoms with Gasteiger partial charge in [0, 0.05) is 41.1 Å². The molecule has 1 aliphatic carbocycles. The molecule has 33 heavy (non-hydrogen) atoms. The zero-order chi connectivity index (χ0) is 23.9. The molecule has 4 heterocycles. The minimum absolute atomic E-state index is 0.0429. The second kappa shape index (κ2) is 7.54. The third kappa shape index (κ3) is 2.92. The van der Waals surface area contributed by atoms with E-state index in [0.717, 1.165) is 10.7 Å². The molecule has 1 saturated carbocycles. The highest BCUT2D eigenvalue weighted by Crippen LogP contribution is 2.69. The molecule has 3 fully saturated rings. The molecule has 178 valence electrons. The summed E-state index contributed by atoms with van der Waals surface area (Å²) in [4.78, 5) is 21.4. The molecule has 5 rings (SSSR count). The molecule has 9 heteroatoms. The highest BCUT2D eigenvalue weighted by atomic mass is 35.5. The van der Waals surface area contributed by atoms with Gasteiger partial charge in [-0.25, -0.2) is 4.39 Å². The number of aliphatic imine (C=N–C) groups is 1. The van der Waals surface area contributed by atoms with Crippen LogP contribution >= 0.6 is 22.9 Å². The third-order valence-electron chi connectivity index (χ3n) is 8.76. The van der Waals surface area contributed by atoms with E-state index in [-0.39, 0.29) is 47.1 Å². The Labute approximate surface area is 202 Å². The van der Waals surface area contributed by atoms with Crippen LogP contribution in [0.2, 0.25) is 4.34 Å². The second-order valence-electron chi connectivity index (χ2n) is 9.98. The number of fused-ring (bicyclic) bond motifs is 2. The van der Waals surface area contributed by atoms with E-state index in [1.165, 1.54) is 18.4 Å². The Balaban J connectivity index is 1.61. The first kappa shape index (κ1) is 22.8. The minimum atomic E-state index is -0.770. The summed E-state index contributed by atoms with van der Waals surface area (Å²) in [5, 5.41) is 12.2. The zero-order valence-electron chi connectivity index (χ0n) is 19.5. The van der Waals surface area contributed by atoms with Gasteiger partial charge >= 0.3 is 0 Å². The molecule has 0 bridgehead atoms. The standard InChI is InChI=1S/C24H30ClFN4O2S/c1-6-23-13(4)17(23)21(28-22(32-5)19(23)26)30-9-14-18(31)11(2)12(3)20(27)29-24(14,10-30)15-7-8-16(25)33-15/h7-8,11-14,17H,6,9-10H2,1-5H3,(H2,27,29)/t11?,12?,13?,14-,17?,23?,24-/m0/s1. The van der Waals surface area contributed by atoms with E-state index in [2.05, 4.69) is 22.1 Å². The summed E-state index contributed by atoms with van der Waals surface area (Å²) in [5.41, 5.74) is -1.36. The van der Waals surface area contributed by atoms with Crippen LogP contribution in [0.3, 0.4) is 0 Å². The monoisotopic (exact) mass is 492 g/mol. The van der Waals surface area contributed by atoms with Crippen LogP contribution in [0, 0.1) is 40.4 Å². The number of ketones is 1. The van der Waals surface area contributed by atoms with E-state index < -0.39 is 11.0 Å². The molecule has 4 aliphatic rings. The van der Waals surface area contributed by atoms with Crippen molar-refractivity contribution in [3.63, 3.8) is 0 Å². The van der Waals surface area contributed by atoms with Crippen molar-refractivity contribution in [3.05, 3.63) is 33.1 Å². The first-order valence-corrected chi connectivity index (χ1v) is 12.8. The maximum atomic E-state index is 15.3. The van der Waals surface area contributed by atoms with Crippen molar-refractivity contribution in [2.24, 2.45) is 40.0 Å². The third-order valence-corrected chi connectivity index (χ3v) is 10.2. The van der Waals surface area contributed by atoms with Gasteiger partial charge in [-0.2, -0.15) is 4.99 Å². The van der Waals surface area contributed by atoms with Crippen molar-refractivity contribution >= 4 is 40.4 Å². The van der Waals surface area contributed by atoms with Crippen molar-refractivity contribution in [2.75, 3.05) is 20.2 Å². The van der Waals surface area contributed by atoms with Crippen molar-refractivity contribution < 1.29 is 13.9 Å². The van der Waals surface area contributed by atoms with Gasteiger partial charge in [-0.05, 0) is 24.5 Å². The number of likely N-dealkylation sites (tertiary alicyclic amines) is 1. The maximum Gasteiger partial charge on any atom is 0.248 e. The van der Waals surface area contributed by atoms with E-state index in [1.54, 1.807) is 0 Å². The van der Waals surface area contributed by atoms with Gasteiger partial charge in [0.1, 0.15) is 17.2 Å². The fraction of sp³-hybridized carbons (Fsp3) is 0.625. The maximum absolute atomic E-state index is 15.3. The fourth-order valence-corrected chi connectivity index (χ4v) is 7.70. The zero-order valence-corrected chi connectivity index (χ0v) is 21.1. The number of nitrogens with one attached hydrogen (secondary N) is 2. The van der Waals surface area contributed by atoms with Crippen molar-refractivity contribution in [2.45, 2.75) is 39.7 Å². The van der Waals surface area contributed by atoms with Crippen LogP contribution in [0.1, 0.15) is 39.0 Å². The fourth-order valence-electron chi connectivity index (χ4n) is 6.46. The number of rotatable bonds is 3. The van der Waals surface area contributed by atoms with E-state index in [1.807, 2.05) is 32.9 Å². The van der Waals surface area contributed by atoms with E-state index >= 15 is 4.39 Å². The quantitative estimate of drug-likeness (QED) is 0.634. The number of nitrogens with zero attached hydrogens (tertiary/aromatic N) is 2. The van der Waals surface area contributed by atoms with Crippen LogP contribution < -0.4 is 5.32 Å². The number of Topliss-reactive ketones (excluding diaryl/α,β-unsaturated/α-hetero) is 1. The summed E-state index contributed by atoms with van der Waals surface area (Å²) < 4.78 is 21.3. The molecule has 1 aromatic heterocycles. The number of amidine groups is 2. The lowest BCUT2D eigenvalue weighted by atomic mass is 9.79. The highest BCUT2D eigenvalue weighted by molar-refractivity contribution is 7.16. The Bertz CT molecular complexity index is 1100. The minimum Gasteiger partial charge on any atom is -0.479 e. The second-order valence-corrected chi connectivity index (χ2v) is 11.7. The van der Waals surface area contributed by atoms with Gasteiger partial charge in [-0.1, -0.05) is 39.3 Å². The van der Waals surface area contributed by atoms with Crippen LogP contribution in [-0.4, -0.2) is 42.6 Å². The largest absolute Gasteiger partial charge is 0.479 e. The van der Waals surface area contributed by atoms with Crippen LogP contribution in [0.15, 0.2) is 28.8 Å². The van der Waals surface area contributed by atoms with Crippen LogP contribution in [0.4, 0.5) is 4.39 Å². The van der Waals surface area contributed by atoms with Crippen molar-refractivity contribution in [1.82, 2.24) is 10.2 Å². The summed E-state index contributed by atoms with van der Waals surface area (Å²) >= 11 is 7.75. The predicted molar refractivity (Wildman–Crippen MR) is 128 cm³/mol. The molecular weight excluding hydrogens is 463 g/mol. The number of hydrogen-bond acceptors (Lipinski definition) is 6. The van der Waals surface area contributed by atoms with Gasteiger partial charge in [0.15, 0.2) is 5.83 Å². The van der Waals surface area contributed by atoms with E-state index in [9.17, 15) is 4.79 Å². The van der Waals surface area contributed by atoms with Gasteiger partial charge in [0.25, 0.3) is 0 Å². The highest BCUT2D eigenvalue weighted by Gasteiger charge is 2.70. The Hall–Kier alpha value is -1.93. The molecule has 1 aromatic rings. The van der Waals surface area contributed by atoms with E-state index in [4.69, 9.17) is 21.7 Å². The van der Waals surface area contributed by atoms with Crippen LogP contribution in [-0.2, 0) is 15.1 Å². The first-order valence-electron chi connectivity index (χ1n) is 11.6. The Morgan fingerprint density at radius 1 is 1.36 bits per heavy atom. The normalized spacial score (nSPS) is 40.2. The van der Waals surface area contributed by atoms with Crippen molar-refractivity contribution in [1.29, 1.82) is 5.41 Å². The topological polar surface area (TPSA) is 77.8 Å². The van der Waals surface area contributed by atoms with Gasteiger partial charge < -0.3 is 15.0 Å². The molecule has 7 atom stereocenters. The Kier molecular flexibility index (Phi) is 5.22. The molecule has 0 amide bonds. The molecule has 6 nitrogen and oxygen atoms in total.